The van der Waals surface area contributed by atoms with E-state index in [9.17, 15) is 8.78 Å². The molecule has 6 nitrogen and oxygen atoms in total. The Morgan fingerprint density at radius 2 is 1.92 bits per heavy atom. The van der Waals surface area contributed by atoms with Crippen LogP contribution in [0.25, 0.3) is 0 Å². The van der Waals surface area contributed by atoms with Crippen LogP contribution in [-0.4, -0.2) is 56.7 Å². The zero-order valence-electron chi connectivity index (χ0n) is 14.3. The van der Waals surface area contributed by atoms with E-state index in [1.807, 2.05) is 18.1 Å². The van der Waals surface area contributed by atoms with Crippen LogP contribution in [0.1, 0.15) is 18.4 Å². The summed E-state index contributed by atoms with van der Waals surface area (Å²) in [6.45, 7) is 2.32. The van der Waals surface area contributed by atoms with Gasteiger partial charge in [0.25, 0.3) is 5.92 Å². The Balaban J connectivity index is 1.52. The third-order valence-corrected chi connectivity index (χ3v) is 5.40. The van der Waals surface area contributed by atoms with E-state index >= 15 is 0 Å². The molecule has 4 rings (SSSR count). The highest BCUT2D eigenvalue weighted by atomic mass is 19.3. The summed E-state index contributed by atoms with van der Waals surface area (Å²) >= 11 is 0. The summed E-state index contributed by atoms with van der Waals surface area (Å²) in [6.07, 6.45) is 7.41. The molecule has 0 radical (unpaired) electrons. The first-order valence-corrected chi connectivity index (χ1v) is 8.57. The molecule has 2 aromatic rings. The van der Waals surface area contributed by atoms with E-state index in [-0.39, 0.29) is 6.42 Å². The molecule has 134 valence electrons. The summed E-state index contributed by atoms with van der Waals surface area (Å²) in [7, 11) is 1.87. The van der Waals surface area contributed by atoms with Crippen molar-refractivity contribution in [2.24, 2.45) is 12.5 Å². The molecular formula is C17H22F2N6. The number of anilines is 1. The largest absolute Gasteiger partial charge is 0.340 e. The molecule has 25 heavy (non-hydrogen) atoms. The van der Waals surface area contributed by atoms with Gasteiger partial charge in [-0.05, 0) is 12.5 Å². The zero-order chi connectivity index (χ0) is 17.5. The van der Waals surface area contributed by atoms with Crippen molar-refractivity contribution in [3.05, 3.63) is 36.4 Å². The third-order valence-electron chi connectivity index (χ3n) is 5.40. The molecule has 0 unspecified atom stereocenters. The maximum Gasteiger partial charge on any atom is 0.257 e. The Bertz CT molecular complexity index is 734. The quantitative estimate of drug-likeness (QED) is 0.849. The normalized spacial score (nSPS) is 26.4. The molecule has 2 fully saturated rings. The number of halogens is 2. The van der Waals surface area contributed by atoms with Crippen LogP contribution < -0.4 is 4.90 Å². The molecule has 2 aliphatic rings. The average molecular weight is 348 g/mol. The molecule has 2 saturated heterocycles. The molecule has 1 atom stereocenters. The topological polar surface area (TPSA) is 50.1 Å². The Kier molecular flexibility index (Phi) is 3.94. The summed E-state index contributed by atoms with van der Waals surface area (Å²) in [5.74, 6) is -2.12. The fourth-order valence-corrected chi connectivity index (χ4v) is 4.06. The number of hydrogen-bond acceptors (Lipinski definition) is 5. The molecule has 8 heteroatoms. The molecule has 0 aromatic carbocycles. The number of piperidine rings is 1. The lowest BCUT2D eigenvalue weighted by Crippen LogP contribution is -2.56. The van der Waals surface area contributed by atoms with Gasteiger partial charge in [-0.3, -0.25) is 9.58 Å². The third kappa shape index (κ3) is 2.99. The standard InChI is InChI=1S/C17H22F2N6/c1-23-10-14(9-22-23)11-24-7-4-17(18,19)16(12-24)3-8-25(13-16)15-20-5-2-6-21-15/h2,5-6,9-10H,3-4,7-8,11-13H2,1H3/t16-/m1/s1. The second-order valence-corrected chi connectivity index (χ2v) is 7.19. The molecule has 2 aromatic heterocycles. The minimum absolute atomic E-state index is 0.100. The van der Waals surface area contributed by atoms with Gasteiger partial charge in [-0.1, -0.05) is 0 Å². The summed E-state index contributed by atoms with van der Waals surface area (Å²) in [5.41, 5.74) is 0.0243. The highest BCUT2D eigenvalue weighted by molar-refractivity contribution is 5.33. The van der Waals surface area contributed by atoms with Crippen molar-refractivity contribution >= 4 is 5.95 Å². The van der Waals surface area contributed by atoms with Crippen LogP contribution in [0.5, 0.6) is 0 Å². The van der Waals surface area contributed by atoms with Gasteiger partial charge in [0.2, 0.25) is 5.95 Å². The molecule has 2 aliphatic heterocycles. The van der Waals surface area contributed by atoms with Crippen molar-refractivity contribution in [2.75, 3.05) is 31.1 Å². The van der Waals surface area contributed by atoms with Crippen molar-refractivity contribution in [1.82, 2.24) is 24.6 Å². The van der Waals surface area contributed by atoms with Gasteiger partial charge < -0.3 is 4.90 Å². The van der Waals surface area contributed by atoms with Crippen molar-refractivity contribution < 1.29 is 8.78 Å². The van der Waals surface area contributed by atoms with Crippen LogP contribution in [0.3, 0.4) is 0 Å². The average Bonchev–Trinajstić information content (AvgIpc) is 3.20. The van der Waals surface area contributed by atoms with Crippen molar-refractivity contribution in [2.45, 2.75) is 25.3 Å². The number of aryl methyl sites for hydroxylation is 1. The Morgan fingerprint density at radius 1 is 1.12 bits per heavy atom. The second-order valence-electron chi connectivity index (χ2n) is 7.19. The summed E-state index contributed by atoms with van der Waals surface area (Å²) in [5, 5.41) is 4.17. The number of rotatable bonds is 3. The van der Waals surface area contributed by atoms with E-state index in [1.165, 1.54) is 0 Å². The fraction of sp³-hybridized carbons (Fsp3) is 0.588. The number of alkyl halides is 2. The molecule has 4 heterocycles. The Labute approximate surface area is 145 Å². The monoisotopic (exact) mass is 348 g/mol. The summed E-state index contributed by atoms with van der Waals surface area (Å²) in [4.78, 5) is 12.5. The van der Waals surface area contributed by atoms with Crippen LogP contribution in [0.4, 0.5) is 14.7 Å². The first-order valence-electron chi connectivity index (χ1n) is 8.57. The van der Waals surface area contributed by atoms with E-state index in [0.717, 1.165) is 5.56 Å². The first-order chi connectivity index (χ1) is 12.0. The van der Waals surface area contributed by atoms with Crippen LogP contribution in [0, 0.1) is 5.41 Å². The predicted octanol–water partition coefficient (Wildman–Crippen LogP) is 1.95. The predicted molar refractivity (Wildman–Crippen MR) is 89.3 cm³/mol. The van der Waals surface area contributed by atoms with E-state index in [2.05, 4.69) is 20.0 Å². The minimum Gasteiger partial charge on any atom is -0.340 e. The fourth-order valence-electron chi connectivity index (χ4n) is 4.06. The van der Waals surface area contributed by atoms with Crippen molar-refractivity contribution in [3.63, 3.8) is 0 Å². The van der Waals surface area contributed by atoms with Gasteiger partial charge in [-0.2, -0.15) is 5.10 Å². The van der Waals surface area contributed by atoms with E-state index < -0.39 is 11.3 Å². The minimum atomic E-state index is -2.66. The van der Waals surface area contributed by atoms with Crippen LogP contribution in [0.2, 0.25) is 0 Å². The number of hydrogen-bond donors (Lipinski definition) is 0. The molecule has 1 spiro atoms. The van der Waals surface area contributed by atoms with Crippen LogP contribution >= 0.6 is 0 Å². The van der Waals surface area contributed by atoms with Gasteiger partial charge in [-0.15, -0.1) is 0 Å². The molecule has 0 saturated carbocycles. The highest BCUT2D eigenvalue weighted by Crippen LogP contribution is 2.50. The summed E-state index contributed by atoms with van der Waals surface area (Å²) < 4.78 is 31.5. The lowest BCUT2D eigenvalue weighted by atomic mass is 9.75. The lowest BCUT2D eigenvalue weighted by Gasteiger charge is -2.45. The highest BCUT2D eigenvalue weighted by Gasteiger charge is 2.59. The summed E-state index contributed by atoms with van der Waals surface area (Å²) in [6, 6.07) is 1.74. The van der Waals surface area contributed by atoms with Crippen LogP contribution in [0.15, 0.2) is 30.9 Å². The van der Waals surface area contributed by atoms with E-state index in [4.69, 9.17) is 0 Å². The number of aromatic nitrogens is 4. The molecule has 0 aliphatic carbocycles. The Hall–Kier alpha value is -2.09. The Morgan fingerprint density at radius 3 is 2.64 bits per heavy atom. The van der Waals surface area contributed by atoms with Crippen molar-refractivity contribution in [1.29, 1.82) is 0 Å². The lowest BCUT2D eigenvalue weighted by molar-refractivity contribution is -0.158. The number of nitrogens with zero attached hydrogens (tertiary/aromatic N) is 6. The van der Waals surface area contributed by atoms with Gasteiger partial charge >= 0.3 is 0 Å². The molecular weight excluding hydrogens is 326 g/mol. The van der Waals surface area contributed by atoms with Crippen molar-refractivity contribution in [3.8, 4) is 0 Å². The maximum atomic E-state index is 14.9. The van der Waals surface area contributed by atoms with Gasteiger partial charge in [-0.25, -0.2) is 18.7 Å². The zero-order valence-corrected chi connectivity index (χ0v) is 14.3. The van der Waals surface area contributed by atoms with Gasteiger partial charge in [0, 0.05) is 70.3 Å². The first kappa shape index (κ1) is 16.4. The van der Waals surface area contributed by atoms with Gasteiger partial charge in [0.1, 0.15) is 0 Å². The van der Waals surface area contributed by atoms with Crippen LogP contribution in [-0.2, 0) is 13.6 Å². The SMILES string of the molecule is Cn1cc(CN2CCC(F)(F)[C@]3(CCN(c4ncccn4)C3)C2)cn1. The smallest absolute Gasteiger partial charge is 0.257 e. The van der Waals surface area contributed by atoms with E-state index in [1.54, 1.807) is 29.3 Å². The molecule has 0 bridgehead atoms. The van der Waals surface area contributed by atoms with Gasteiger partial charge in [0.05, 0.1) is 11.6 Å². The van der Waals surface area contributed by atoms with Gasteiger partial charge in [0.15, 0.2) is 0 Å². The number of likely N-dealkylation sites (tertiary alicyclic amines) is 1. The second kappa shape index (κ2) is 6.01. The molecule has 0 N–H and O–H groups in total. The van der Waals surface area contributed by atoms with E-state index in [0.29, 0.717) is 45.1 Å². The maximum absolute atomic E-state index is 14.9. The molecule has 0 amide bonds.